The summed E-state index contributed by atoms with van der Waals surface area (Å²) in [4.78, 5) is 20.9. The van der Waals surface area contributed by atoms with E-state index in [1.165, 1.54) is 0 Å². The SMILES string of the molecule is COc1ccccc1C(NC(=O)NCc1ccncc1)c1nccn1C. The maximum atomic E-state index is 12.5. The van der Waals surface area contributed by atoms with E-state index in [2.05, 4.69) is 20.6 Å². The number of amides is 2. The summed E-state index contributed by atoms with van der Waals surface area (Å²) in [5, 5.41) is 5.85. The molecule has 0 fully saturated rings. The lowest BCUT2D eigenvalue weighted by Gasteiger charge is -2.21. The molecule has 0 radical (unpaired) electrons. The van der Waals surface area contributed by atoms with Gasteiger partial charge in [-0.1, -0.05) is 18.2 Å². The number of hydrogen-bond acceptors (Lipinski definition) is 4. The topological polar surface area (TPSA) is 81.1 Å². The second-order valence-electron chi connectivity index (χ2n) is 5.75. The smallest absolute Gasteiger partial charge is 0.315 e. The van der Waals surface area contributed by atoms with E-state index in [4.69, 9.17) is 4.74 Å². The highest BCUT2D eigenvalue weighted by Gasteiger charge is 2.23. The summed E-state index contributed by atoms with van der Waals surface area (Å²) >= 11 is 0. The molecule has 0 saturated carbocycles. The normalized spacial score (nSPS) is 11.6. The molecule has 2 N–H and O–H groups in total. The first-order valence-electron chi connectivity index (χ1n) is 8.22. The van der Waals surface area contributed by atoms with Crippen LogP contribution in [0.3, 0.4) is 0 Å². The van der Waals surface area contributed by atoms with E-state index in [0.29, 0.717) is 18.1 Å². The Kier molecular flexibility index (Phi) is 5.48. The van der Waals surface area contributed by atoms with E-state index >= 15 is 0 Å². The maximum Gasteiger partial charge on any atom is 0.315 e. The predicted molar refractivity (Wildman–Crippen MR) is 97.7 cm³/mol. The second kappa shape index (κ2) is 8.15. The van der Waals surface area contributed by atoms with Crippen molar-refractivity contribution in [1.29, 1.82) is 0 Å². The molecule has 1 aromatic carbocycles. The average Bonchev–Trinajstić information content (AvgIpc) is 3.11. The van der Waals surface area contributed by atoms with Gasteiger partial charge in [-0.3, -0.25) is 4.98 Å². The number of nitrogens with zero attached hydrogens (tertiary/aromatic N) is 3. The monoisotopic (exact) mass is 351 g/mol. The molecular weight excluding hydrogens is 330 g/mol. The number of aromatic nitrogens is 3. The Labute approximate surface area is 152 Å². The van der Waals surface area contributed by atoms with Crippen molar-refractivity contribution in [2.45, 2.75) is 12.6 Å². The van der Waals surface area contributed by atoms with Crippen LogP contribution in [-0.2, 0) is 13.6 Å². The van der Waals surface area contributed by atoms with Crippen LogP contribution in [0.4, 0.5) is 4.79 Å². The van der Waals surface area contributed by atoms with Gasteiger partial charge in [0.15, 0.2) is 0 Å². The first-order chi connectivity index (χ1) is 12.7. The molecule has 0 aliphatic rings. The summed E-state index contributed by atoms with van der Waals surface area (Å²) < 4.78 is 7.33. The van der Waals surface area contributed by atoms with Gasteiger partial charge in [0.05, 0.1) is 7.11 Å². The van der Waals surface area contributed by atoms with Crippen LogP contribution >= 0.6 is 0 Å². The number of urea groups is 1. The number of aryl methyl sites for hydroxylation is 1. The third kappa shape index (κ3) is 4.00. The number of para-hydroxylation sites is 1. The average molecular weight is 351 g/mol. The van der Waals surface area contributed by atoms with Gasteiger partial charge in [0.25, 0.3) is 0 Å². The fourth-order valence-electron chi connectivity index (χ4n) is 2.71. The number of rotatable bonds is 6. The molecule has 0 saturated heterocycles. The number of imidazole rings is 1. The van der Waals surface area contributed by atoms with Crippen molar-refractivity contribution in [3.05, 3.63) is 78.1 Å². The summed E-state index contributed by atoms with van der Waals surface area (Å²) in [6, 6.07) is 10.6. The Morgan fingerprint density at radius 1 is 1.19 bits per heavy atom. The van der Waals surface area contributed by atoms with Gasteiger partial charge in [-0.05, 0) is 23.8 Å². The van der Waals surface area contributed by atoms with Gasteiger partial charge in [-0.15, -0.1) is 0 Å². The molecule has 0 aliphatic heterocycles. The van der Waals surface area contributed by atoms with E-state index in [1.54, 1.807) is 25.7 Å². The van der Waals surface area contributed by atoms with Crippen molar-refractivity contribution >= 4 is 6.03 Å². The van der Waals surface area contributed by atoms with E-state index in [1.807, 2.05) is 54.2 Å². The second-order valence-corrected chi connectivity index (χ2v) is 5.75. The molecule has 26 heavy (non-hydrogen) atoms. The number of carbonyl (C=O) groups excluding carboxylic acids is 1. The minimum Gasteiger partial charge on any atom is -0.496 e. The molecular formula is C19H21N5O2. The van der Waals surface area contributed by atoms with Crippen molar-refractivity contribution in [3.8, 4) is 5.75 Å². The van der Waals surface area contributed by atoms with Crippen molar-refractivity contribution < 1.29 is 9.53 Å². The highest BCUT2D eigenvalue weighted by Crippen LogP contribution is 2.28. The van der Waals surface area contributed by atoms with Gasteiger partial charge in [-0.25, -0.2) is 9.78 Å². The summed E-state index contributed by atoms with van der Waals surface area (Å²) in [6.07, 6.45) is 6.93. The van der Waals surface area contributed by atoms with Crippen LogP contribution in [0.25, 0.3) is 0 Å². The quantitative estimate of drug-likeness (QED) is 0.715. The lowest BCUT2D eigenvalue weighted by molar-refractivity contribution is 0.237. The van der Waals surface area contributed by atoms with E-state index < -0.39 is 6.04 Å². The van der Waals surface area contributed by atoms with Gasteiger partial charge >= 0.3 is 6.03 Å². The highest BCUT2D eigenvalue weighted by atomic mass is 16.5. The van der Waals surface area contributed by atoms with Crippen LogP contribution in [-0.4, -0.2) is 27.7 Å². The van der Waals surface area contributed by atoms with Crippen LogP contribution < -0.4 is 15.4 Å². The minimum absolute atomic E-state index is 0.291. The number of nitrogens with one attached hydrogen (secondary N) is 2. The van der Waals surface area contributed by atoms with E-state index in [9.17, 15) is 4.79 Å². The predicted octanol–water partition coefficient (Wildman–Crippen LogP) is 2.41. The number of hydrogen-bond donors (Lipinski definition) is 2. The van der Waals surface area contributed by atoms with Crippen LogP contribution in [0.5, 0.6) is 5.75 Å². The zero-order chi connectivity index (χ0) is 18.4. The van der Waals surface area contributed by atoms with E-state index in [0.717, 1.165) is 11.1 Å². The molecule has 0 bridgehead atoms. The molecule has 7 heteroatoms. The molecule has 134 valence electrons. The van der Waals surface area contributed by atoms with Gasteiger partial charge in [-0.2, -0.15) is 0 Å². The fraction of sp³-hybridized carbons (Fsp3) is 0.211. The Morgan fingerprint density at radius 2 is 1.96 bits per heavy atom. The summed E-state index contributed by atoms with van der Waals surface area (Å²) in [5.41, 5.74) is 1.81. The Hall–Kier alpha value is -3.35. The molecule has 2 amide bonds. The maximum absolute atomic E-state index is 12.5. The minimum atomic E-state index is -0.441. The van der Waals surface area contributed by atoms with Gasteiger partial charge in [0.1, 0.15) is 17.6 Å². The first-order valence-corrected chi connectivity index (χ1v) is 8.22. The van der Waals surface area contributed by atoms with Crippen LogP contribution in [0.15, 0.2) is 61.2 Å². The van der Waals surface area contributed by atoms with Crippen LogP contribution in [0.1, 0.15) is 23.0 Å². The molecule has 0 aliphatic carbocycles. The van der Waals surface area contributed by atoms with Crippen molar-refractivity contribution in [1.82, 2.24) is 25.2 Å². The molecule has 7 nitrogen and oxygen atoms in total. The Balaban J connectivity index is 1.80. The lowest BCUT2D eigenvalue weighted by atomic mass is 10.0. The highest BCUT2D eigenvalue weighted by molar-refractivity contribution is 5.75. The lowest BCUT2D eigenvalue weighted by Crippen LogP contribution is -2.39. The molecule has 1 unspecified atom stereocenters. The van der Waals surface area contributed by atoms with Crippen LogP contribution in [0, 0.1) is 0 Å². The van der Waals surface area contributed by atoms with Crippen molar-refractivity contribution in [2.24, 2.45) is 7.05 Å². The molecule has 0 spiro atoms. The number of carbonyl (C=O) groups is 1. The number of methoxy groups -OCH3 is 1. The molecule has 3 rings (SSSR count). The molecule has 1 atom stereocenters. The fourth-order valence-corrected chi connectivity index (χ4v) is 2.71. The zero-order valence-corrected chi connectivity index (χ0v) is 14.7. The summed E-state index contributed by atoms with van der Waals surface area (Å²) in [5.74, 6) is 1.41. The summed E-state index contributed by atoms with van der Waals surface area (Å²) in [6.45, 7) is 0.410. The van der Waals surface area contributed by atoms with Gasteiger partial charge in [0, 0.05) is 43.9 Å². The van der Waals surface area contributed by atoms with E-state index in [-0.39, 0.29) is 6.03 Å². The number of pyridine rings is 1. The third-order valence-corrected chi connectivity index (χ3v) is 4.04. The third-order valence-electron chi connectivity index (χ3n) is 4.04. The summed E-state index contributed by atoms with van der Waals surface area (Å²) in [7, 11) is 3.50. The number of ether oxygens (including phenoxy) is 1. The Morgan fingerprint density at radius 3 is 2.65 bits per heavy atom. The first kappa shape index (κ1) is 17.5. The molecule has 3 aromatic rings. The molecule has 2 heterocycles. The standard InChI is InChI=1S/C19H21N5O2/c1-24-12-11-21-18(24)17(15-5-3-4-6-16(15)26-2)23-19(25)22-13-14-7-9-20-10-8-14/h3-12,17H,13H2,1-2H3,(H2,22,23,25). The zero-order valence-electron chi connectivity index (χ0n) is 14.7. The van der Waals surface area contributed by atoms with Gasteiger partial charge < -0.3 is 19.9 Å². The van der Waals surface area contributed by atoms with Gasteiger partial charge in [0.2, 0.25) is 0 Å². The Bertz CT molecular complexity index is 863. The number of benzene rings is 1. The van der Waals surface area contributed by atoms with Crippen molar-refractivity contribution in [3.63, 3.8) is 0 Å². The largest absolute Gasteiger partial charge is 0.496 e. The molecule has 2 aromatic heterocycles. The van der Waals surface area contributed by atoms with Crippen LogP contribution in [0.2, 0.25) is 0 Å². The van der Waals surface area contributed by atoms with Crippen molar-refractivity contribution in [2.75, 3.05) is 7.11 Å².